The number of hydrogen-bond donors (Lipinski definition) is 0. The Morgan fingerprint density at radius 1 is 1.16 bits per heavy atom. The van der Waals surface area contributed by atoms with Gasteiger partial charge >= 0.3 is 12.1 Å². The molecule has 0 aliphatic heterocycles. The molecule has 1 aromatic carbocycles. The molecule has 0 saturated carbocycles. The maximum absolute atomic E-state index is 12.5. The zero-order valence-electron chi connectivity index (χ0n) is 14.1. The summed E-state index contributed by atoms with van der Waals surface area (Å²) < 4.78 is 41.7. The average molecular weight is 355 g/mol. The van der Waals surface area contributed by atoms with Crippen molar-refractivity contribution in [1.29, 1.82) is 0 Å². The minimum absolute atomic E-state index is 0.0985. The summed E-state index contributed by atoms with van der Waals surface area (Å²) in [5.74, 6) is -1.39. The van der Waals surface area contributed by atoms with Gasteiger partial charge in [-0.05, 0) is 18.4 Å². The molecule has 0 spiro atoms. The van der Waals surface area contributed by atoms with Crippen LogP contribution in [0.3, 0.4) is 0 Å². The maximum atomic E-state index is 12.5. The number of carbonyl (C=O) groups excluding carboxylic acids is 1. The molecule has 25 heavy (non-hydrogen) atoms. The molecule has 0 aliphatic rings. The zero-order chi connectivity index (χ0) is 18.4. The molecular formula is C17H20F3N3O2. The van der Waals surface area contributed by atoms with Gasteiger partial charge in [-0.3, -0.25) is 4.79 Å². The van der Waals surface area contributed by atoms with Gasteiger partial charge in [0.25, 0.3) is 0 Å². The van der Waals surface area contributed by atoms with E-state index in [1.807, 2.05) is 13.8 Å². The van der Waals surface area contributed by atoms with Crippen molar-refractivity contribution in [3.05, 3.63) is 35.7 Å². The molecule has 0 radical (unpaired) electrons. The van der Waals surface area contributed by atoms with E-state index in [1.165, 1.54) is 0 Å². The lowest BCUT2D eigenvalue weighted by atomic mass is 10.1. The molecule has 136 valence electrons. The van der Waals surface area contributed by atoms with Crippen LogP contribution in [-0.4, -0.2) is 27.5 Å². The molecule has 0 unspecified atom stereocenters. The van der Waals surface area contributed by atoms with E-state index in [0.717, 1.165) is 18.4 Å². The van der Waals surface area contributed by atoms with Crippen LogP contribution in [-0.2, 0) is 17.5 Å². The molecule has 0 atom stereocenters. The first kappa shape index (κ1) is 19.0. The van der Waals surface area contributed by atoms with Gasteiger partial charge in [0.1, 0.15) is 0 Å². The highest BCUT2D eigenvalue weighted by atomic mass is 19.4. The SMILES string of the molecule is CCCC(=O)N(CCC)Cc1ccc(-c2noc(C(F)(F)F)n2)cc1. The minimum atomic E-state index is -4.66. The van der Waals surface area contributed by atoms with Crippen LogP contribution in [0.25, 0.3) is 11.4 Å². The van der Waals surface area contributed by atoms with Crippen molar-refractivity contribution in [2.24, 2.45) is 0 Å². The van der Waals surface area contributed by atoms with E-state index < -0.39 is 12.1 Å². The van der Waals surface area contributed by atoms with Gasteiger partial charge < -0.3 is 9.42 Å². The van der Waals surface area contributed by atoms with Gasteiger partial charge in [0.15, 0.2) is 0 Å². The summed E-state index contributed by atoms with van der Waals surface area (Å²) in [6.07, 6.45) is -2.51. The molecule has 0 N–H and O–H groups in total. The molecule has 2 aromatic rings. The lowest BCUT2D eigenvalue weighted by molar-refractivity contribution is -0.159. The summed E-state index contributed by atoms with van der Waals surface area (Å²) in [5.41, 5.74) is 1.31. The monoisotopic (exact) mass is 355 g/mol. The second kappa shape index (κ2) is 8.13. The fourth-order valence-electron chi connectivity index (χ4n) is 2.37. The van der Waals surface area contributed by atoms with E-state index in [-0.39, 0.29) is 11.7 Å². The van der Waals surface area contributed by atoms with Gasteiger partial charge in [-0.2, -0.15) is 18.2 Å². The van der Waals surface area contributed by atoms with Crippen molar-refractivity contribution in [1.82, 2.24) is 15.0 Å². The molecule has 8 heteroatoms. The molecule has 1 aromatic heterocycles. The molecule has 0 aliphatic carbocycles. The smallest absolute Gasteiger partial charge is 0.338 e. The minimum Gasteiger partial charge on any atom is -0.338 e. The number of halogens is 3. The Labute approximate surface area is 143 Å². The van der Waals surface area contributed by atoms with Crippen molar-refractivity contribution in [3.8, 4) is 11.4 Å². The van der Waals surface area contributed by atoms with Crippen LogP contribution in [0.1, 0.15) is 44.6 Å². The summed E-state index contributed by atoms with van der Waals surface area (Å²) in [4.78, 5) is 17.3. The molecule has 1 heterocycles. The summed E-state index contributed by atoms with van der Waals surface area (Å²) in [6, 6.07) is 6.74. The highest BCUT2D eigenvalue weighted by Gasteiger charge is 2.38. The van der Waals surface area contributed by atoms with E-state index in [9.17, 15) is 18.0 Å². The molecule has 0 saturated heterocycles. The second-order valence-corrected chi connectivity index (χ2v) is 5.68. The third-order valence-corrected chi connectivity index (χ3v) is 3.56. The van der Waals surface area contributed by atoms with E-state index in [1.54, 1.807) is 29.2 Å². The van der Waals surface area contributed by atoms with Crippen LogP contribution < -0.4 is 0 Å². The van der Waals surface area contributed by atoms with Gasteiger partial charge in [-0.15, -0.1) is 0 Å². The summed E-state index contributed by atoms with van der Waals surface area (Å²) in [5, 5.41) is 3.35. The second-order valence-electron chi connectivity index (χ2n) is 5.68. The quantitative estimate of drug-likeness (QED) is 0.743. The largest absolute Gasteiger partial charge is 0.471 e. The Kier molecular flexibility index (Phi) is 6.17. The normalized spacial score (nSPS) is 11.6. The van der Waals surface area contributed by atoms with E-state index in [0.29, 0.717) is 25.1 Å². The average Bonchev–Trinajstić information content (AvgIpc) is 3.05. The number of amides is 1. The Morgan fingerprint density at radius 2 is 1.84 bits per heavy atom. The summed E-state index contributed by atoms with van der Waals surface area (Å²) in [6.45, 7) is 5.09. The number of aromatic nitrogens is 2. The van der Waals surface area contributed by atoms with Crippen molar-refractivity contribution in [2.75, 3.05) is 6.54 Å². The number of carbonyl (C=O) groups is 1. The molecule has 0 fully saturated rings. The Balaban J connectivity index is 2.10. The van der Waals surface area contributed by atoms with Crippen molar-refractivity contribution >= 4 is 5.91 Å². The van der Waals surface area contributed by atoms with Crippen LogP contribution in [0, 0.1) is 0 Å². The topological polar surface area (TPSA) is 59.2 Å². The zero-order valence-corrected chi connectivity index (χ0v) is 14.1. The van der Waals surface area contributed by atoms with Crippen molar-refractivity contribution in [3.63, 3.8) is 0 Å². The van der Waals surface area contributed by atoms with Crippen LogP contribution in [0.2, 0.25) is 0 Å². The fourth-order valence-corrected chi connectivity index (χ4v) is 2.37. The van der Waals surface area contributed by atoms with Crippen LogP contribution in [0.4, 0.5) is 13.2 Å². The van der Waals surface area contributed by atoms with Crippen molar-refractivity contribution in [2.45, 2.75) is 45.8 Å². The van der Waals surface area contributed by atoms with Crippen LogP contribution in [0.5, 0.6) is 0 Å². The van der Waals surface area contributed by atoms with Gasteiger partial charge in [0.2, 0.25) is 11.7 Å². The van der Waals surface area contributed by atoms with Gasteiger partial charge in [0.05, 0.1) is 0 Å². The Hall–Kier alpha value is -2.38. The highest BCUT2D eigenvalue weighted by molar-refractivity contribution is 5.76. The molecule has 5 nitrogen and oxygen atoms in total. The maximum Gasteiger partial charge on any atom is 0.471 e. The fraction of sp³-hybridized carbons (Fsp3) is 0.471. The van der Waals surface area contributed by atoms with E-state index in [4.69, 9.17) is 0 Å². The standard InChI is InChI=1S/C17H20F3N3O2/c1-3-5-14(24)23(10-4-2)11-12-6-8-13(9-7-12)15-21-16(25-22-15)17(18,19)20/h6-9H,3-5,10-11H2,1-2H3. The Bertz CT molecular complexity index is 696. The summed E-state index contributed by atoms with van der Waals surface area (Å²) in [7, 11) is 0. The van der Waals surface area contributed by atoms with E-state index in [2.05, 4.69) is 14.7 Å². The number of benzene rings is 1. The first-order valence-electron chi connectivity index (χ1n) is 8.13. The molecule has 1 amide bonds. The lowest BCUT2D eigenvalue weighted by Crippen LogP contribution is -2.30. The van der Waals surface area contributed by atoms with Gasteiger partial charge in [-0.1, -0.05) is 43.3 Å². The molecular weight excluding hydrogens is 335 g/mol. The van der Waals surface area contributed by atoms with Crippen molar-refractivity contribution < 1.29 is 22.5 Å². The third-order valence-electron chi connectivity index (χ3n) is 3.56. The van der Waals surface area contributed by atoms with Crippen LogP contribution in [0.15, 0.2) is 28.8 Å². The van der Waals surface area contributed by atoms with Crippen LogP contribution >= 0.6 is 0 Å². The van der Waals surface area contributed by atoms with Gasteiger partial charge in [-0.25, -0.2) is 0 Å². The third kappa shape index (κ3) is 5.04. The first-order valence-corrected chi connectivity index (χ1v) is 8.13. The molecule has 2 rings (SSSR count). The number of rotatable bonds is 7. The lowest BCUT2D eigenvalue weighted by Gasteiger charge is -2.22. The first-order chi connectivity index (χ1) is 11.8. The predicted molar refractivity (Wildman–Crippen MR) is 85.4 cm³/mol. The summed E-state index contributed by atoms with van der Waals surface area (Å²) >= 11 is 0. The Morgan fingerprint density at radius 3 is 2.36 bits per heavy atom. The molecule has 0 bridgehead atoms. The predicted octanol–water partition coefficient (Wildman–Crippen LogP) is 4.29. The van der Waals surface area contributed by atoms with E-state index >= 15 is 0 Å². The number of hydrogen-bond acceptors (Lipinski definition) is 4. The number of nitrogens with zero attached hydrogens (tertiary/aromatic N) is 3. The number of alkyl halides is 3. The highest BCUT2D eigenvalue weighted by Crippen LogP contribution is 2.29. The van der Waals surface area contributed by atoms with Gasteiger partial charge in [0, 0.05) is 25.1 Å².